The van der Waals surface area contributed by atoms with Crippen molar-refractivity contribution in [1.29, 1.82) is 0 Å². The number of nitrogens with zero attached hydrogens (tertiary/aromatic N) is 1. The third kappa shape index (κ3) is 5.42. The lowest BCUT2D eigenvalue weighted by molar-refractivity contribution is -0.121. The van der Waals surface area contributed by atoms with Crippen LogP contribution in [0.2, 0.25) is 0 Å². The number of halogens is 1. The van der Waals surface area contributed by atoms with Crippen molar-refractivity contribution in [2.24, 2.45) is 5.92 Å². The van der Waals surface area contributed by atoms with Crippen LogP contribution in [-0.2, 0) is 16.1 Å². The summed E-state index contributed by atoms with van der Waals surface area (Å²) in [6, 6.07) is 15.2. The van der Waals surface area contributed by atoms with Gasteiger partial charge in [-0.1, -0.05) is 40.2 Å². The molecule has 3 rings (SSSR count). The normalized spacial score (nSPS) is 17.1. The molecule has 28 heavy (non-hydrogen) atoms. The maximum Gasteiger partial charge on any atom is 0.340 e. The Kier molecular flexibility index (Phi) is 7.23. The van der Waals surface area contributed by atoms with Crippen LogP contribution in [0.4, 0.5) is 5.69 Å². The molecule has 1 fully saturated rings. The van der Waals surface area contributed by atoms with E-state index < -0.39 is 5.97 Å². The van der Waals surface area contributed by atoms with E-state index in [1.807, 2.05) is 12.1 Å². The van der Waals surface area contributed by atoms with Gasteiger partial charge in [0.25, 0.3) is 0 Å². The number of esters is 1. The average molecular weight is 445 g/mol. The van der Waals surface area contributed by atoms with Crippen LogP contribution >= 0.6 is 15.9 Å². The van der Waals surface area contributed by atoms with Gasteiger partial charge in [0, 0.05) is 17.6 Å². The molecule has 1 unspecified atom stereocenters. The number of carbonyl (C=O) groups is 2. The molecule has 0 radical (unpaired) electrons. The summed E-state index contributed by atoms with van der Waals surface area (Å²) < 4.78 is 6.15. The van der Waals surface area contributed by atoms with Gasteiger partial charge in [-0.05, 0) is 56.1 Å². The van der Waals surface area contributed by atoms with Crippen LogP contribution in [-0.4, -0.2) is 36.5 Å². The van der Waals surface area contributed by atoms with Crippen LogP contribution in [0.1, 0.15) is 35.7 Å². The van der Waals surface area contributed by atoms with Gasteiger partial charge in [-0.2, -0.15) is 0 Å². The van der Waals surface area contributed by atoms with E-state index in [0.29, 0.717) is 24.4 Å². The number of hydrogen-bond acceptors (Lipinski definition) is 4. The van der Waals surface area contributed by atoms with Gasteiger partial charge in [-0.25, -0.2) is 4.79 Å². The largest absolute Gasteiger partial charge is 0.462 e. The Morgan fingerprint density at radius 2 is 2.04 bits per heavy atom. The number of benzene rings is 2. The highest BCUT2D eigenvalue weighted by atomic mass is 79.9. The highest BCUT2D eigenvalue weighted by molar-refractivity contribution is 9.10. The van der Waals surface area contributed by atoms with E-state index in [2.05, 4.69) is 38.3 Å². The van der Waals surface area contributed by atoms with E-state index >= 15 is 0 Å². The fourth-order valence-electron chi connectivity index (χ4n) is 3.52. The zero-order valence-electron chi connectivity index (χ0n) is 16.0. The fraction of sp³-hybridized carbons (Fsp3) is 0.364. The minimum Gasteiger partial charge on any atom is -0.462 e. The molecule has 148 valence electrons. The van der Waals surface area contributed by atoms with Crippen molar-refractivity contribution < 1.29 is 14.3 Å². The summed E-state index contributed by atoms with van der Waals surface area (Å²) in [5, 5.41) is 2.94. The summed E-state index contributed by atoms with van der Waals surface area (Å²) in [5.74, 6) is -0.565. The minimum absolute atomic E-state index is 0.0457. The number of nitrogens with one attached hydrogen (secondary N) is 1. The number of carbonyl (C=O) groups excluding carboxylic acids is 2. The molecule has 0 saturated carbocycles. The summed E-state index contributed by atoms with van der Waals surface area (Å²) in [6.07, 6.45) is 1.83. The van der Waals surface area contributed by atoms with Crippen LogP contribution in [0.3, 0.4) is 0 Å². The topological polar surface area (TPSA) is 58.6 Å². The van der Waals surface area contributed by atoms with Gasteiger partial charge in [-0.3, -0.25) is 9.69 Å². The number of rotatable bonds is 6. The molecule has 5 nitrogen and oxygen atoms in total. The van der Waals surface area contributed by atoms with Gasteiger partial charge >= 0.3 is 5.97 Å². The maximum atomic E-state index is 12.9. The minimum atomic E-state index is -0.418. The number of likely N-dealkylation sites (tertiary alicyclic amines) is 1. The van der Waals surface area contributed by atoms with Crippen LogP contribution in [0.5, 0.6) is 0 Å². The van der Waals surface area contributed by atoms with Crippen molar-refractivity contribution >= 4 is 33.5 Å². The predicted octanol–water partition coefficient (Wildman–Crippen LogP) is 4.48. The second-order valence-electron chi connectivity index (χ2n) is 6.96. The summed E-state index contributed by atoms with van der Waals surface area (Å²) in [7, 11) is 0. The molecule has 1 N–H and O–H groups in total. The van der Waals surface area contributed by atoms with Crippen LogP contribution in [0.15, 0.2) is 53.0 Å². The molecule has 2 aromatic rings. The second-order valence-corrected chi connectivity index (χ2v) is 7.88. The molecule has 0 spiro atoms. The number of amides is 1. The molecule has 0 aromatic heterocycles. The van der Waals surface area contributed by atoms with E-state index in [1.165, 1.54) is 5.56 Å². The third-order valence-electron chi connectivity index (χ3n) is 4.85. The Bertz CT molecular complexity index is 840. The van der Waals surface area contributed by atoms with Crippen LogP contribution < -0.4 is 5.32 Å². The Balaban J connectivity index is 1.64. The third-order valence-corrected chi connectivity index (χ3v) is 5.35. The van der Waals surface area contributed by atoms with Gasteiger partial charge in [0.2, 0.25) is 5.91 Å². The molecule has 1 atom stereocenters. The van der Waals surface area contributed by atoms with Crippen molar-refractivity contribution in [3.63, 3.8) is 0 Å². The zero-order chi connectivity index (χ0) is 19.9. The summed E-state index contributed by atoms with van der Waals surface area (Å²) in [4.78, 5) is 27.3. The van der Waals surface area contributed by atoms with E-state index in [1.54, 1.807) is 31.2 Å². The molecule has 1 saturated heterocycles. The standard InChI is InChI=1S/C22H25BrN2O3/c1-2-28-22(27)19-10-3-4-11-20(19)24-21(26)17-8-6-12-25(15-17)14-16-7-5-9-18(23)13-16/h3-5,7,9-11,13,17H,2,6,8,12,14-15H2,1H3,(H,24,26). The highest BCUT2D eigenvalue weighted by Gasteiger charge is 2.27. The summed E-state index contributed by atoms with van der Waals surface area (Å²) in [5.41, 5.74) is 2.12. The highest BCUT2D eigenvalue weighted by Crippen LogP contribution is 2.23. The smallest absolute Gasteiger partial charge is 0.340 e. The number of para-hydroxylation sites is 1. The predicted molar refractivity (Wildman–Crippen MR) is 113 cm³/mol. The number of ether oxygens (including phenoxy) is 1. The summed E-state index contributed by atoms with van der Waals surface area (Å²) in [6.45, 7) is 4.58. The number of piperidine rings is 1. The monoisotopic (exact) mass is 444 g/mol. The van der Waals surface area contributed by atoms with Crippen molar-refractivity contribution in [2.45, 2.75) is 26.3 Å². The quantitative estimate of drug-likeness (QED) is 0.667. The van der Waals surface area contributed by atoms with E-state index in [9.17, 15) is 9.59 Å². The summed E-state index contributed by atoms with van der Waals surface area (Å²) >= 11 is 3.51. The van der Waals surface area contributed by atoms with E-state index in [4.69, 9.17) is 4.74 Å². The Hall–Kier alpha value is -2.18. The van der Waals surface area contributed by atoms with Gasteiger partial charge in [0.05, 0.1) is 23.8 Å². The SMILES string of the molecule is CCOC(=O)c1ccccc1NC(=O)C1CCCN(Cc2cccc(Br)c2)C1. The van der Waals surface area contributed by atoms with Crippen LogP contribution in [0, 0.1) is 5.92 Å². The molecule has 1 amide bonds. The van der Waals surface area contributed by atoms with Crippen molar-refractivity contribution in [1.82, 2.24) is 4.90 Å². The van der Waals surface area contributed by atoms with Crippen molar-refractivity contribution in [3.05, 3.63) is 64.1 Å². The molecule has 1 aliphatic rings. The first kappa shape index (κ1) is 20.6. The van der Waals surface area contributed by atoms with E-state index in [0.717, 1.165) is 30.4 Å². The molecule has 0 bridgehead atoms. The average Bonchev–Trinajstić information content (AvgIpc) is 2.69. The maximum absolute atomic E-state index is 12.9. The van der Waals surface area contributed by atoms with Gasteiger partial charge < -0.3 is 10.1 Å². The number of hydrogen-bond donors (Lipinski definition) is 1. The first-order valence-electron chi connectivity index (χ1n) is 9.60. The second kappa shape index (κ2) is 9.85. The Morgan fingerprint density at radius 3 is 2.82 bits per heavy atom. The lowest BCUT2D eigenvalue weighted by atomic mass is 9.96. The molecular weight excluding hydrogens is 420 g/mol. The van der Waals surface area contributed by atoms with E-state index in [-0.39, 0.29) is 11.8 Å². The van der Waals surface area contributed by atoms with Crippen molar-refractivity contribution in [3.8, 4) is 0 Å². The molecular formula is C22H25BrN2O3. The Morgan fingerprint density at radius 1 is 1.21 bits per heavy atom. The molecule has 1 aliphatic heterocycles. The first-order chi connectivity index (χ1) is 13.6. The molecule has 0 aliphatic carbocycles. The number of anilines is 1. The van der Waals surface area contributed by atoms with Gasteiger partial charge in [-0.15, -0.1) is 0 Å². The fourth-order valence-corrected chi connectivity index (χ4v) is 3.97. The lowest BCUT2D eigenvalue weighted by Gasteiger charge is -2.32. The molecule has 1 heterocycles. The van der Waals surface area contributed by atoms with Gasteiger partial charge in [0.1, 0.15) is 0 Å². The Labute approximate surface area is 174 Å². The zero-order valence-corrected chi connectivity index (χ0v) is 17.6. The van der Waals surface area contributed by atoms with Crippen molar-refractivity contribution in [2.75, 3.05) is 25.0 Å². The first-order valence-corrected chi connectivity index (χ1v) is 10.4. The molecule has 2 aromatic carbocycles. The molecule has 6 heteroatoms. The van der Waals surface area contributed by atoms with Crippen LogP contribution in [0.25, 0.3) is 0 Å². The van der Waals surface area contributed by atoms with Gasteiger partial charge in [0.15, 0.2) is 0 Å². The lowest BCUT2D eigenvalue weighted by Crippen LogP contribution is -2.40.